The van der Waals surface area contributed by atoms with Gasteiger partial charge in [-0.15, -0.1) is 0 Å². The van der Waals surface area contributed by atoms with Gasteiger partial charge >= 0.3 is 0 Å². The zero-order valence-corrected chi connectivity index (χ0v) is 13.4. The lowest BCUT2D eigenvalue weighted by molar-refractivity contribution is -0.137. The monoisotopic (exact) mass is 290 g/mol. The van der Waals surface area contributed by atoms with Crippen molar-refractivity contribution in [3.05, 3.63) is 17.0 Å². The van der Waals surface area contributed by atoms with Gasteiger partial charge in [0.05, 0.1) is 17.3 Å². The number of nitrogens with zero attached hydrogens (tertiary/aromatic N) is 3. The van der Waals surface area contributed by atoms with Gasteiger partial charge in [0.15, 0.2) is 0 Å². The predicted octanol–water partition coefficient (Wildman–Crippen LogP) is 1.97. The SMILES string of the molecule is Cc1nn(C)c(C)c1C1CCCN1C(=O)C1(N)CCCC1. The molecule has 2 N–H and O–H groups in total. The summed E-state index contributed by atoms with van der Waals surface area (Å²) in [6, 6.07) is 0.159. The summed E-state index contributed by atoms with van der Waals surface area (Å²) in [5, 5.41) is 4.51. The molecule has 2 fully saturated rings. The third-order valence-electron chi connectivity index (χ3n) is 5.33. The van der Waals surface area contributed by atoms with E-state index in [0.717, 1.165) is 56.5 Å². The normalized spacial score (nSPS) is 24.8. The van der Waals surface area contributed by atoms with Crippen LogP contribution in [0.4, 0.5) is 0 Å². The van der Waals surface area contributed by atoms with Gasteiger partial charge in [0.25, 0.3) is 0 Å². The van der Waals surface area contributed by atoms with Crippen molar-refractivity contribution in [2.24, 2.45) is 12.8 Å². The number of likely N-dealkylation sites (tertiary alicyclic amines) is 1. The summed E-state index contributed by atoms with van der Waals surface area (Å²) in [6.07, 6.45) is 5.90. The molecule has 116 valence electrons. The summed E-state index contributed by atoms with van der Waals surface area (Å²) in [5.41, 5.74) is 9.20. The Morgan fingerprint density at radius 3 is 2.52 bits per heavy atom. The van der Waals surface area contributed by atoms with Gasteiger partial charge in [0.1, 0.15) is 0 Å². The minimum Gasteiger partial charge on any atom is -0.334 e. The van der Waals surface area contributed by atoms with Crippen LogP contribution in [0.2, 0.25) is 0 Å². The van der Waals surface area contributed by atoms with Crippen molar-refractivity contribution in [2.75, 3.05) is 6.54 Å². The van der Waals surface area contributed by atoms with Crippen LogP contribution in [0.25, 0.3) is 0 Å². The van der Waals surface area contributed by atoms with Crippen molar-refractivity contribution in [1.29, 1.82) is 0 Å². The Hall–Kier alpha value is -1.36. The van der Waals surface area contributed by atoms with E-state index in [-0.39, 0.29) is 11.9 Å². The van der Waals surface area contributed by atoms with Crippen LogP contribution in [0, 0.1) is 13.8 Å². The molecule has 5 heteroatoms. The van der Waals surface area contributed by atoms with Crippen molar-refractivity contribution >= 4 is 5.91 Å². The van der Waals surface area contributed by atoms with Gasteiger partial charge in [0, 0.05) is 24.8 Å². The minimum atomic E-state index is -0.618. The van der Waals surface area contributed by atoms with Crippen molar-refractivity contribution in [3.8, 4) is 0 Å². The number of hydrogen-bond donors (Lipinski definition) is 1. The first-order valence-electron chi connectivity index (χ1n) is 8.04. The van der Waals surface area contributed by atoms with Crippen LogP contribution in [0.3, 0.4) is 0 Å². The maximum absolute atomic E-state index is 13.0. The second kappa shape index (κ2) is 5.13. The Morgan fingerprint density at radius 1 is 1.29 bits per heavy atom. The van der Waals surface area contributed by atoms with E-state index in [1.807, 2.05) is 23.6 Å². The molecule has 5 nitrogen and oxygen atoms in total. The summed E-state index contributed by atoms with van der Waals surface area (Å²) >= 11 is 0. The third kappa shape index (κ3) is 2.27. The fourth-order valence-electron chi connectivity index (χ4n) is 4.09. The standard InChI is InChI=1S/C16H26N4O/c1-11-14(12(2)19(3)18-11)13-7-6-10-20(13)15(21)16(17)8-4-5-9-16/h13H,4-10,17H2,1-3H3. The average Bonchev–Trinajstić information content (AvgIpc) is 3.12. The van der Waals surface area contributed by atoms with Crippen LogP contribution >= 0.6 is 0 Å². The number of aromatic nitrogens is 2. The lowest BCUT2D eigenvalue weighted by Gasteiger charge is -2.33. The lowest BCUT2D eigenvalue weighted by atomic mass is 9.95. The molecular formula is C16H26N4O. The van der Waals surface area contributed by atoms with Crippen molar-refractivity contribution in [1.82, 2.24) is 14.7 Å². The Morgan fingerprint density at radius 2 is 1.95 bits per heavy atom. The van der Waals surface area contributed by atoms with E-state index in [1.165, 1.54) is 5.56 Å². The number of aryl methyl sites for hydroxylation is 2. The molecule has 0 spiro atoms. The minimum absolute atomic E-state index is 0.158. The molecule has 1 atom stereocenters. The fraction of sp³-hybridized carbons (Fsp3) is 0.750. The van der Waals surface area contributed by atoms with Gasteiger partial charge in [-0.3, -0.25) is 9.48 Å². The number of hydrogen-bond acceptors (Lipinski definition) is 3. The molecule has 21 heavy (non-hydrogen) atoms. The Balaban J connectivity index is 1.90. The van der Waals surface area contributed by atoms with E-state index < -0.39 is 5.54 Å². The van der Waals surface area contributed by atoms with E-state index in [0.29, 0.717) is 0 Å². The zero-order valence-electron chi connectivity index (χ0n) is 13.4. The fourth-order valence-corrected chi connectivity index (χ4v) is 4.09. The average molecular weight is 290 g/mol. The number of carbonyl (C=O) groups is 1. The van der Waals surface area contributed by atoms with Crippen LogP contribution in [0.5, 0.6) is 0 Å². The molecule has 1 unspecified atom stereocenters. The topological polar surface area (TPSA) is 64.2 Å². The molecule has 0 bridgehead atoms. The molecule has 1 saturated heterocycles. The third-order valence-corrected chi connectivity index (χ3v) is 5.33. The highest BCUT2D eigenvalue weighted by molar-refractivity contribution is 5.87. The summed E-state index contributed by atoms with van der Waals surface area (Å²) in [7, 11) is 1.97. The van der Waals surface area contributed by atoms with E-state index in [2.05, 4.69) is 12.0 Å². The van der Waals surface area contributed by atoms with Crippen LogP contribution in [0.15, 0.2) is 0 Å². The highest BCUT2D eigenvalue weighted by Crippen LogP contribution is 2.39. The summed E-state index contributed by atoms with van der Waals surface area (Å²) < 4.78 is 1.92. The molecule has 1 amide bonds. The van der Waals surface area contributed by atoms with Crippen LogP contribution in [-0.4, -0.2) is 32.7 Å². The number of nitrogens with two attached hydrogens (primary N) is 1. The first kappa shape index (κ1) is 14.6. The maximum Gasteiger partial charge on any atom is 0.243 e. The first-order valence-corrected chi connectivity index (χ1v) is 8.04. The summed E-state index contributed by atoms with van der Waals surface area (Å²) in [6.45, 7) is 4.96. The molecule has 2 heterocycles. The molecule has 2 aliphatic rings. The first-order chi connectivity index (χ1) is 9.94. The number of amides is 1. The quantitative estimate of drug-likeness (QED) is 0.905. The maximum atomic E-state index is 13.0. The molecule has 0 radical (unpaired) electrons. The van der Waals surface area contributed by atoms with Gasteiger partial charge in [-0.25, -0.2) is 0 Å². The summed E-state index contributed by atoms with van der Waals surface area (Å²) in [4.78, 5) is 15.0. The van der Waals surface area contributed by atoms with Crippen LogP contribution < -0.4 is 5.73 Å². The van der Waals surface area contributed by atoms with E-state index in [1.54, 1.807) is 0 Å². The highest BCUT2D eigenvalue weighted by Gasteiger charge is 2.44. The van der Waals surface area contributed by atoms with Gasteiger partial charge in [-0.1, -0.05) is 12.8 Å². The number of carbonyl (C=O) groups excluding carboxylic acids is 1. The van der Waals surface area contributed by atoms with Crippen molar-refractivity contribution in [2.45, 2.75) is 64.0 Å². The lowest BCUT2D eigenvalue weighted by Crippen LogP contribution is -2.53. The molecule has 1 aromatic heterocycles. The second-order valence-corrected chi connectivity index (χ2v) is 6.73. The molecule has 1 aliphatic carbocycles. The molecule has 1 saturated carbocycles. The van der Waals surface area contributed by atoms with Gasteiger partial charge in [-0.05, 0) is 39.5 Å². The zero-order chi connectivity index (χ0) is 15.2. The second-order valence-electron chi connectivity index (χ2n) is 6.73. The molecule has 1 aliphatic heterocycles. The molecule has 3 rings (SSSR count). The van der Waals surface area contributed by atoms with Gasteiger partial charge in [0.2, 0.25) is 5.91 Å². The van der Waals surface area contributed by atoms with Crippen LogP contribution in [-0.2, 0) is 11.8 Å². The van der Waals surface area contributed by atoms with E-state index >= 15 is 0 Å². The summed E-state index contributed by atoms with van der Waals surface area (Å²) in [5.74, 6) is 0.158. The van der Waals surface area contributed by atoms with E-state index in [9.17, 15) is 4.79 Å². The molecule has 0 aromatic carbocycles. The predicted molar refractivity (Wildman–Crippen MR) is 81.8 cm³/mol. The Bertz CT molecular complexity index is 557. The molecule has 1 aromatic rings. The number of rotatable bonds is 2. The largest absolute Gasteiger partial charge is 0.334 e. The van der Waals surface area contributed by atoms with Crippen LogP contribution in [0.1, 0.15) is 61.5 Å². The van der Waals surface area contributed by atoms with Crippen molar-refractivity contribution < 1.29 is 4.79 Å². The van der Waals surface area contributed by atoms with Gasteiger partial charge in [-0.2, -0.15) is 5.10 Å². The highest BCUT2D eigenvalue weighted by atomic mass is 16.2. The van der Waals surface area contributed by atoms with Crippen molar-refractivity contribution in [3.63, 3.8) is 0 Å². The smallest absolute Gasteiger partial charge is 0.243 e. The Kier molecular flexibility index (Phi) is 3.56. The van der Waals surface area contributed by atoms with E-state index in [4.69, 9.17) is 5.73 Å². The Labute approximate surface area is 126 Å². The molecular weight excluding hydrogens is 264 g/mol. The van der Waals surface area contributed by atoms with Gasteiger partial charge < -0.3 is 10.6 Å².